The SMILES string of the molecule is CC(C(N)=O)N(c1ccc(F)cc1)c1nc(N)c(C(=O)c2ccc(-n3ccnc3)cc2)s1. The minimum atomic E-state index is -0.802. The molecular formula is C22H19FN6O2S. The van der Waals surface area contributed by atoms with Gasteiger partial charge in [0.05, 0.1) is 6.33 Å². The van der Waals surface area contributed by atoms with Gasteiger partial charge < -0.3 is 20.9 Å². The molecule has 4 rings (SSSR count). The number of carbonyl (C=O) groups excluding carboxylic acids is 2. The number of thiazole rings is 1. The van der Waals surface area contributed by atoms with Crippen LogP contribution in [0.25, 0.3) is 5.69 Å². The van der Waals surface area contributed by atoms with E-state index in [-0.39, 0.29) is 16.5 Å². The first-order valence-electron chi connectivity index (χ1n) is 9.58. The molecule has 1 atom stereocenters. The van der Waals surface area contributed by atoms with Crippen LogP contribution in [0.2, 0.25) is 0 Å². The zero-order valence-electron chi connectivity index (χ0n) is 17.0. The fraction of sp³-hybridized carbons (Fsp3) is 0.0909. The fourth-order valence-corrected chi connectivity index (χ4v) is 4.19. The quantitative estimate of drug-likeness (QED) is 0.417. The van der Waals surface area contributed by atoms with Crippen molar-refractivity contribution in [3.8, 4) is 5.69 Å². The lowest BCUT2D eigenvalue weighted by Gasteiger charge is -2.26. The number of nitrogen functional groups attached to an aromatic ring is 1. The molecule has 1 amide bonds. The monoisotopic (exact) mass is 450 g/mol. The van der Waals surface area contributed by atoms with Gasteiger partial charge in [0.15, 0.2) is 5.13 Å². The van der Waals surface area contributed by atoms with Gasteiger partial charge in [0.1, 0.15) is 22.6 Å². The van der Waals surface area contributed by atoms with Crippen LogP contribution in [0.3, 0.4) is 0 Å². The number of amides is 1. The second kappa shape index (κ2) is 8.60. The summed E-state index contributed by atoms with van der Waals surface area (Å²) in [6, 6.07) is 11.7. The van der Waals surface area contributed by atoms with Crippen LogP contribution in [0.4, 0.5) is 21.0 Å². The van der Waals surface area contributed by atoms with Crippen molar-refractivity contribution in [3.63, 3.8) is 0 Å². The van der Waals surface area contributed by atoms with Crippen molar-refractivity contribution in [1.82, 2.24) is 14.5 Å². The predicted molar refractivity (Wildman–Crippen MR) is 121 cm³/mol. The van der Waals surface area contributed by atoms with Crippen LogP contribution in [-0.2, 0) is 4.79 Å². The summed E-state index contributed by atoms with van der Waals surface area (Å²) in [6.45, 7) is 1.60. The van der Waals surface area contributed by atoms with Crippen molar-refractivity contribution in [3.05, 3.63) is 83.5 Å². The molecule has 32 heavy (non-hydrogen) atoms. The first kappa shape index (κ1) is 21.2. The van der Waals surface area contributed by atoms with Crippen LogP contribution >= 0.6 is 11.3 Å². The molecule has 0 aliphatic heterocycles. The van der Waals surface area contributed by atoms with Crippen molar-refractivity contribution in [2.45, 2.75) is 13.0 Å². The number of imidazole rings is 1. The maximum atomic E-state index is 13.4. The van der Waals surface area contributed by atoms with Crippen molar-refractivity contribution in [2.24, 2.45) is 5.73 Å². The first-order valence-corrected chi connectivity index (χ1v) is 10.4. The van der Waals surface area contributed by atoms with E-state index in [1.807, 2.05) is 4.57 Å². The highest BCUT2D eigenvalue weighted by Gasteiger charge is 2.27. The van der Waals surface area contributed by atoms with Gasteiger partial charge in [-0.1, -0.05) is 11.3 Å². The summed E-state index contributed by atoms with van der Waals surface area (Å²) in [5, 5.41) is 0.304. The van der Waals surface area contributed by atoms with Gasteiger partial charge in [-0.2, -0.15) is 0 Å². The molecule has 4 N–H and O–H groups in total. The number of halogens is 1. The summed E-state index contributed by atoms with van der Waals surface area (Å²) in [6.07, 6.45) is 5.13. The third-order valence-electron chi connectivity index (χ3n) is 4.89. The molecule has 2 heterocycles. The van der Waals surface area contributed by atoms with Crippen molar-refractivity contribution in [1.29, 1.82) is 0 Å². The maximum absolute atomic E-state index is 13.4. The lowest BCUT2D eigenvalue weighted by molar-refractivity contribution is -0.118. The van der Waals surface area contributed by atoms with E-state index < -0.39 is 17.8 Å². The highest BCUT2D eigenvalue weighted by molar-refractivity contribution is 7.18. The van der Waals surface area contributed by atoms with Gasteiger partial charge in [-0.15, -0.1) is 0 Å². The van der Waals surface area contributed by atoms with Crippen LogP contribution in [-0.4, -0.2) is 32.3 Å². The van der Waals surface area contributed by atoms with Gasteiger partial charge in [-0.3, -0.25) is 9.59 Å². The van der Waals surface area contributed by atoms with E-state index in [2.05, 4.69) is 9.97 Å². The van der Waals surface area contributed by atoms with Gasteiger partial charge in [0.2, 0.25) is 11.7 Å². The minimum absolute atomic E-state index is 0.0393. The predicted octanol–water partition coefficient (Wildman–Crippen LogP) is 3.29. The molecule has 2 aromatic carbocycles. The van der Waals surface area contributed by atoms with E-state index in [9.17, 15) is 14.0 Å². The molecule has 0 saturated heterocycles. The standard InChI is InChI=1S/C22H19FN6O2S/c1-13(21(25)31)29(17-8-4-15(23)5-9-17)22-27-20(24)19(32-22)18(30)14-2-6-16(7-3-14)28-11-10-26-12-28/h2-13H,24H2,1H3,(H2,25,31). The van der Waals surface area contributed by atoms with Crippen LogP contribution in [0.15, 0.2) is 67.3 Å². The van der Waals surface area contributed by atoms with E-state index >= 15 is 0 Å². The third kappa shape index (κ3) is 4.08. The van der Waals surface area contributed by atoms with E-state index in [1.54, 1.807) is 49.9 Å². The summed E-state index contributed by atoms with van der Waals surface area (Å²) in [5.41, 5.74) is 13.4. The average Bonchev–Trinajstić information content (AvgIpc) is 3.45. The lowest BCUT2D eigenvalue weighted by Crippen LogP contribution is -2.39. The molecule has 0 fully saturated rings. The second-order valence-electron chi connectivity index (χ2n) is 6.98. The van der Waals surface area contributed by atoms with Gasteiger partial charge >= 0.3 is 0 Å². The second-order valence-corrected chi connectivity index (χ2v) is 7.96. The van der Waals surface area contributed by atoms with E-state index in [1.165, 1.54) is 29.2 Å². The molecule has 0 radical (unpaired) electrons. The summed E-state index contributed by atoms with van der Waals surface area (Å²) in [4.78, 5) is 35.1. The highest BCUT2D eigenvalue weighted by Crippen LogP contribution is 2.36. The first-order chi connectivity index (χ1) is 15.3. The van der Waals surface area contributed by atoms with E-state index in [0.717, 1.165) is 17.0 Å². The van der Waals surface area contributed by atoms with Crippen LogP contribution in [0.1, 0.15) is 22.2 Å². The number of hydrogen-bond acceptors (Lipinski definition) is 7. The highest BCUT2D eigenvalue weighted by atomic mass is 32.1. The number of rotatable bonds is 7. The molecule has 8 nitrogen and oxygen atoms in total. The zero-order chi connectivity index (χ0) is 22.8. The number of aromatic nitrogens is 3. The topological polar surface area (TPSA) is 120 Å². The number of hydrogen-bond donors (Lipinski definition) is 2. The summed E-state index contributed by atoms with van der Waals surface area (Å²) in [7, 11) is 0. The molecule has 10 heteroatoms. The molecule has 0 aliphatic rings. The van der Waals surface area contributed by atoms with Crippen molar-refractivity contribution < 1.29 is 14.0 Å². The van der Waals surface area contributed by atoms with Crippen molar-refractivity contribution >= 4 is 39.7 Å². The average molecular weight is 450 g/mol. The molecule has 0 bridgehead atoms. The lowest BCUT2D eigenvalue weighted by atomic mass is 10.1. The maximum Gasteiger partial charge on any atom is 0.240 e. The van der Waals surface area contributed by atoms with Crippen LogP contribution in [0, 0.1) is 5.82 Å². The number of anilines is 3. The molecule has 0 aliphatic carbocycles. The fourth-order valence-electron chi connectivity index (χ4n) is 3.14. The number of primary amides is 1. The van der Waals surface area contributed by atoms with Gasteiger partial charge in [0.25, 0.3) is 0 Å². The van der Waals surface area contributed by atoms with Crippen molar-refractivity contribution in [2.75, 3.05) is 10.6 Å². The minimum Gasteiger partial charge on any atom is -0.382 e. The Hall–Kier alpha value is -4.05. The summed E-state index contributed by atoms with van der Waals surface area (Å²) >= 11 is 1.04. The van der Waals surface area contributed by atoms with Gasteiger partial charge in [-0.05, 0) is 55.5 Å². The third-order valence-corrected chi connectivity index (χ3v) is 5.96. The molecule has 0 saturated carbocycles. The Balaban J connectivity index is 1.67. The number of nitrogens with zero attached hydrogens (tertiary/aromatic N) is 4. The number of nitrogens with two attached hydrogens (primary N) is 2. The Morgan fingerprint density at radius 2 is 1.81 bits per heavy atom. The smallest absolute Gasteiger partial charge is 0.240 e. The number of carbonyl (C=O) groups is 2. The normalized spacial score (nSPS) is 11.8. The Morgan fingerprint density at radius 3 is 2.41 bits per heavy atom. The molecule has 4 aromatic rings. The van der Waals surface area contributed by atoms with Crippen LogP contribution < -0.4 is 16.4 Å². The van der Waals surface area contributed by atoms with Gasteiger partial charge in [-0.25, -0.2) is 14.4 Å². The molecule has 0 spiro atoms. The number of ketones is 1. The molecule has 162 valence electrons. The largest absolute Gasteiger partial charge is 0.382 e. The summed E-state index contributed by atoms with van der Waals surface area (Å²) < 4.78 is 15.2. The van der Waals surface area contributed by atoms with E-state index in [0.29, 0.717) is 16.4 Å². The van der Waals surface area contributed by atoms with E-state index in [4.69, 9.17) is 11.5 Å². The summed E-state index contributed by atoms with van der Waals surface area (Å²) in [5.74, 6) is -1.29. The Labute approximate surface area is 186 Å². The zero-order valence-corrected chi connectivity index (χ0v) is 17.8. The number of benzene rings is 2. The molecule has 2 aromatic heterocycles. The van der Waals surface area contributed by atoms with Crippen LogP contribution in [0.5, 0.6) is 0 Å². The Kier molecular flexibility index (Phi) is 5.69. The molecular weight excluding hydrogens is 431 g/mol. The molecule has 1 unspecified atom stereocenters. The van der Waals surface area contributed by atoms with Gasteiger partial charge in [0, 0.05) is 29.3 Å². The Bertz CT molecular complexity index is 1250. The Morgan fingerprint density at radius 1 is 1.12 bits per heavy atom.